The van der Waals surface area contributed by atoms with Crippen molar-refractivity contribution in [1.82, 2.24) is 15.5 Å². The summed E-state index contributed by atoms with van der Waals surface area (Å²) in [6.07, 6.45) is 2.23. The van der Waals surface area contributed by atoms with Crippen molar-refractivity contribution in [2.24, 2.45) is 0 Å². The van der Waals surface area contributed by atoms with Crippen LogP contribution in [0.5, 0.6) is 0 Å². The highest BCUT2D eigenvalue weighted by molar-refractivity contribution is 5.96. The lowest BCUT2D eigenvalue weighted by Gasteiger charge is -2.28. The van der Waals surface area contributed by atoms with Gasteiger partial charge in [0, 0.05) is 19.1 Å². The Bertz CT molecular complexity index is 564. The van der Waals surface area contributed by atoms with E-state index in [1.165, 1.54) is 11.1 Å². The first-order chi connectivity index (χ1) is 11.4. The van der Waals surface area contributed by atoms with E-state index in [0.29, 0.717) is 18.5 Å². The van der Waals surface area contributed by atoms with Gasteiger partial charge in [0.25, 0.3) is 0 Å². The van der Waals surface area contributed by atoms with Gasteiger partial charge in [-0.25, -0.2) is 4.79 Å². The van der Waals surface area contributed by atoms with Gasteiger partial charge in [-0.05, 0) is 43.7 Å². The van der Waals surface area contributed by atoms with Crippen molar-refractivity contribution in [3.63, 3.8) is 0 Å². The monoisotopic (exact) mass is 331 g/mol. The van der Waals surface area contributed by atoms with Crippen molar-refractivity contribution in [3.8, 4) is 0 Å². The Kier molecular flexibility index (Phi) is 6.37. The van der Waals surface area contributed by atoms with Crippen LogP contribution in [0.4, 0.5) is 4.79 Å². The van der Waals surface area contributed by atoms with E-state index in [1.54, 1.807) is 0 Å². The fraction of sp³-hybridized carbons (Fsp3) is 0.579. The zero-order valence-corrected chi connectivity index (χ0v) is 15.1. The molecule has 0 aliphatic heterocycles. The molecule has 132 valence electrons. The quantitative estimate of drug-likeness (QED) is 0.807. The van der Waals surface area contributed by atoms with E-state index in [2.05, 4.69) is 53.6 Å². The van der Waals surface area contributed by atoms with Crippen LogP contribution in [0.2, 0.25) is 0 Å². The molecule has 0 radical (unpaired) electrons. The van der Waals surface area contributed by atoms with Crippen LogP contribution in [0.25, 0.3) is 0 Å². The van der Waals surface area contributed by atoms with Gasteiger partial charge in [-0.15, -0.1) is 0 Å². The predicted octanol–water partition coefficient (Wildman–Crippen LogP) is 3.01. The molecule has 0 saturated heterocycles. The number of hydrogen-bond acceptors (Lipinski definition) is 3. The summed E-state index contributed by atoms with van der Waals surface area (Å²) in [5.74, 6) is 0.270. The molecule has 1 unspecified atom stereocenters. The van der Waals surface area contributed by atoms with Crippen LogP contribution in [-0.2, 0) is 11.3 Å². The Morgan fingerprint density at radius 2 is 1.79 bits per heavy atom. The summed E-state index contributed by atoms with van der Waals surface area (Å²) in [5, 5.41) is 5.02. The smallest absolute Gasteiger partial charge is 0.321 e. The molecule has 1 fully saturated rings. The number of amides is 3. The van der Waals surface area contributed by atoms with Crippen LogP contribution in [-0.4, -0.2) is 35.5 Å². The summed E-state index contributed by atoms with van der Waals surface area (Å²) in [5.41, 5.74) is 2.52. The molecule has 1 aliphatic carbocycles. The standard InChI is InChI=1S/C19H29N3O2/c1-5-20-19(24)21-18(23)14(4)22(17-10-11-17)12-15-6-8-16(9-7-15)13(2)3/h6-9,13-14,17H,5,10-12H2,1-4H3,(H2,20,21,23,24). The summed E-state index contributed by atoms with van der Waals surface area (Å²) in [6, 6.07) is 8.27. The number of carbonyl (C=O) groups is 2. The minimum absolute atomic E-state index is 0.244. The largest absolute Gasteiger partial charge is 0.338 e. The Balaban J connectivity index is 2.00. The molecule has 0 aromatic heterocycles. The minimum atomic E-state index is -0.425. The van der Waals surface area contributed by atoms with E-state index >= 15 is 0 Å². The van der Waals surface area contributed by atoms with E-state index in [9.17, 15) is 9.59 Å². The molecule has 0 heterocycles. The maximum atomic E-state index is 12.3. The predicted molar refractivity (Wildman–Crippen MR) is 95.8 cm³/mol. The molecule has 3 amide bonds. The van der Waals surface area contributed by atoms with Crippen LogP contribution in [0.3, 0.4) is 0 Å². The second-order valence-corrected chi connectivity index (χ2v) is 6.82. The first-order valence-electron chi connectivity index (χ1n) is 8.85. The van der Waals surface area contributed by atoms with E-state index in [1.807, 2.05) is 13.8 Å². The van der Waals surface area contributed by atoms with E-state index in [-0.39, 0.29) is 11.9 Å². The zero-order chi connectivity index (χ0) is 17.7. The number of carbonyl (C=O) groups excluding carboxylic acids is 2. The summed E-state index contributed by atoms with van der Waals surface area (Å²) in [6.45, 7) is 9.29. The molecule has 1 aromatic rings. The van der Waals surface area contributed by atoms with Crippen molar-refractivity contribution in [3.05, 3.63) is 35.4 Å². The zero-order valence-electron chi connectivity index (χ0n) is 15.1. The third kappa shape index (κ3) is 5.06. The summed E-state index contributed by atoms with van der Waals surface area (Å²) in [4.78, 5) is 26.1. The Morgan fingerprint density at radius 1 is 1.17 bits per heavy atom. The molecule has 24 heavy (non-hydrogen) atoms. The fourth-order valence-electron chi connectivity index (χ4n) is 2.78. The lowest BCUT2D eigenvalue weighted by molar-refractivity contribution is -0.125. The number of nitrogens with zero attached hydrogens (tertiary/aromatic N) is 1. The second-order valence-electron chi connectivity index (χ2n) is 6.82. The van der Waals surface area contributed by atoms with Gasteiger partial charge < -0.3 is 5.32 Å². The average molecular weight is 331 g/mol. The van der Waals surface area contributed by atoms with Crippen LogP contribution < -0.4 is 10.6 Å². The van der Waals surface area contributed by atoms with Crippen LogP contribution in [0, 0.1) is 0 Å². The molecule has 1 aliphatic rings. The molecule has 2 rings (SSSR count). The third-order valence-electron chi connectivity index (χ3n) is 4.48. The van der Waals surface area contributed by atoms with Crippen molar-refractivity contribution in [2.45, 2.75) is 65.1 Å². The van der Waals surface area contributed by atoms with Crippen LogP contribution in [0.15, 0.2) is 24.3 Å². The van der Waals surface area contributed by atoms with Crippen LogP contribution >= 0.6 is 0 Å². The number of hydrogen-bond donors (Lipinski definition) is 2. The maximum absolute atomic E-state index is 12.3. The highest BCUT2D eigenvalue weighted by atomic mass is 16.2. The highest BCUT2D eigenvalue weighted by Gasteiger charge is 2.35. The molecular weight excluding hydrogens is 302 g/mol. The van der Waals surface area contributed by atoms with Gasteiger partial charge in [0.15, 0.2) is 0 Å². The number of nitrogens with one attached hydrogen (secondary N) is 2. The van der Waals surface area contributed by atoms with Crippen molar-refractivity contribution in [1.29, 1.82) is 0 Å². The number of urea groups is 1. The van der Waals surface area contributed by atoms with Crippen molar-refractivity contribution < 1.29 is 9.59 Å². The van der Waals surface area contributed by atoms with Gasteiger partial charge in [0.05, 0.1) is 6.04 Å². The van der Waals surface area contributed by atoms with E-state index < -0.39 is 6.03 Å². The molecule has 1 saturated carbocycles. The Labute approximate surface area is 144 Å². The normalized spacial score (nSPS) is 15.4. The van der Waals surface area contributed by atoms with Gasteiger partial charge in [0.2, 0.25) is 5.91 Å². The Morgan fingerprint density at radius 3 is 2.29 bits per heavy atom. The van der Waals surface area contributed by atoms with Gasteiger partial charge in [-0.2, -0.15) is 0 Å². The summed E-state index contributed by atoms with van der Waals surface area (Å²) >= 11 is 0. The topological polar surface area (TPSA) is 61.4 Å². The van der Waals surface area contributed by atoms with Gasteiger partial charge in [-0.1, -0.05) is 38.1 Å². The van der Waals surface area contributed by atoms with Crippen LogP contribution in [0.1, 0.15) is 57.6 Å². The fourth-order valence-corrected chi connectivity index (χ4v) is 2.78. The van der Waals surface area contributed by atoms with E-state index in [0.717, 1.165) is 19.4 Å². The Hall–Kier alpha value is -1.88. The second kappa shape index (κ2) is 8.29. The molecule has 2 N–H and O–H groups in total. The molecule has 5 heteroatoms. The number of benzene rings is 1. The molecule has 1 aromatic carbocycles. The van der Waals surface area contributed by atoms with Gasteiger partial charge in [-0.3, -0.25) is 15.0 Å². The lowest BCUT2D eigenvalue weighted by atomic mass is 10.0. The average Bonchev–Trinajstić information content (AvgIpc) is 3.37. The van der Waals surface area contributed by atoms with Gasteiger partial charge in [0.1, 0.15) is 0 Å². The molecule has 1 atom stereocenters. The number of rotatable bonds is 7. The molecule has 5 nitrogen and oxygen atoms in total. The molecule has 0 spiro atoms. The number of imide groups is 1. The first-order valence-corrected chi connectivity index (χ1v) is 8.85. The first kappa shape index (κ1) is 18.5. The molecule has 0 bridgehead atoms. The minimum Gasteiger partial charge on any atom is -0.338 e. The van der Waals surface area contributed by atoms with Crippen molar-refractivity contribution in [2.75, 3.05) is 6.54 Å². The summed E-state index contributed by atoms with van der Waals surface area (Å²) in [7, 11) is 0. The maximum Gasteiger partial charge on any atom is 0.321 e. The molecular formula is C19H29N3O2. The third-order valence-corrected chi connectivity index (χ3v) is 4.48. The lowest BCUT2D eigenvalue weighted by Crippen LogP contribution is -2.50. The summed E-state index contributed by atoms with van der Waals surface area (Å²) < 4.78 is 0. The van der Waals surface area contributed by atoms with Gasteiger partial charge >= 0.3 is 6.03 Å². The SMILES string of the molecule is CCNC(=O)NC(=O)C(C)N(Cc1ccc(C(C)C)cc1)C1CC1. The highest BCUT2D eigenvalue weighted by Crippen LogP contribution is 2.30. The van der Waals surface area contributed by atoms with E-state index in [4.69, 9.17) is 0 Å². The van der Waals surface area contributed by atoms with Crippen molar-refractivity contribution >= 4 is 11.9 Å².